The van der Waals surface area contributed by atoms with Gasteiger partial charge in [0.25, 0.3) is 0 Å². The van der Waals surface area contributed by atoms with E-state index in [0.717, 1.165) is 23.0 Å². The highest BCUT2D eigenvalue weighted by molar-refractivity contribution is 8.04. The first-order valence-corrected chi connectivity index (χ1v) is 12.7. The molecule has 0 spiro atoms. The van der Waals surface area contributed by atoms with Crippen LogP contribution in [-0.4, -0.2) is 50.7 Å². The number of thioether (sulfide) groups is 1. The first-order valence-electron chi connectivity index (χ1n) is 11.0. The van der Waals surface area contributed by atoms with Gasteiger partial charge < -0.3 is 20.4 Å². The predicted molar refractivity (Wildman–Crippen MR) is 127 cm³/mol. The number of hydrogen-bond acceptors (Lipinski definition) is 7. The molecule has 0 radical (unpaired) electrons. The number of nitrogens with one attached hydrogen (secondary N) is 1. The number of carbonyl (C=O) groups is 2. The van der Waals surface area contributed by atoms with E-state index in [1.165, 1.54) is 39.1 Å². The van der Waals surface area contributed by atoms with Crippen molar-refractivity contribution in [3.05, 3.63) is 63.6 Å². The van der Waals surface area contributed by atoms with E-state index in [0.29, 0.717) is 4.91 Å². The van der Waals surface area contributed by atoms with Crippen molar-refractivity contribution in [2.45, 2.75) is 42.8 Å². The maximum Gasteiger partial charge on any atom is 0.353 e. The number of aromatic nitrogens is 1. The zero-order valence-corrected chi connectivity index (χ0v) is 19.9. The minimum Gasteiger partial charge on any atom is -0.477 e. The second-order valence-electron chi connectivity index (χ2n) is 8.68. The van der Waals surface area contributed by atoms with Crippen LogP contribution < -0.4 is 5.32 Å². The van der Waals surface area contributed by atoms with Crippen molar-refractivity contribution in [1.29, 1.82) is 0 Å². The highest BCUT2D eigenvalue weighted by atomic mass is 32.2. The Morgan fingerprint density at radius 1 is 1.33 bits per heavy atom. The number of carbonyl (C=O) groups excluding carboxylic acids is 1. The van der Waals surface area contributed by atoms with Crippen LogP contribution in [0.25, 0.3) is 5.57 Å². The fourth-order valence-electron chi connectivity index (χ4n) is 5.03. The van der Waals surface area contributed by atoms with Crippen molar-refractivity contribution in [3.8, 4) is 0 Å². The number of benzene rings is 1. The number of β-lactam (4-membered cyclic amide) rings is 1. The Kier molecular flexibility index (Phi) is 5.90. The summed E-state index contributed by atoms with van der Waals surface area (Å²) in [7, 11) is 0. The summed E-state index contributed by atoms with van der Waals surface area (Å²) in [5, 5.41) is 25.4. The molecule has 3 aliphatic rings. The van der Waals surface area contributed by atoms with Gasteiger partial charge in [0.1, 0.15) is 5.70 Å². The fraction of sp³-hybridized carbons (Fsp3) is 0.375. The third kappa shape index (κ3) is 3.82. The molecule has 4 heterocycles. The van der Waals surface area contributed by atoms with Gasteiger partial charge in [0.15, 0.2) is 4.34 Å². The van der Waals surface area contributed by atoms with Gasteiger partial charge in [-0.3, -0.25) is 4.79 Å². The number of rotatable bonds is 6. The smallest absolute Gasteiger partial charge is 0.353 e. The topological polar surface area (TPSA) is 103 Å². The SMILES string of the molecule is C[C@@H](O)[C@H]1C(=O)N2C(C(=O)O)=C(Sc3nc(C4=CCN[C@H](c5ccccc5)C4)cs3)[C@H](C)[C@H]12. The molecule has 1 fully saturated rings. The van der Waals surface area contributed by atoms with E-state index in [9.17, 15) is 19.8 Å². The number of fused-ring (bicyclic) bond motifs is 1. The summed E-state index contributed by atoms with van der Waals surface area (Å²) in [6.07, 6.45) is 2.18. The average Bonchev–Trinajstić information content (AvgIpc) is 3.36. The summed E-state index contributed by atoms with van der Waals surface area (Å²) in [5.41, 5.74) is 3.35. The lowest BCUT2D eigenvalue weighted by atomic mass is 9.79. The van der Waals surface area contributed by atoms with Crippen molar-refractivity contribution in [3.63, 3.8) is 0 Å². The molecule has 0 saturated carbocycles. The minimum absolute atomic E-state index is 0.0290. The van der Waals surface area contributed by atoms with Gasteiger partial charge in [0.05, 0.1) is 23.8 Å². The number of amides is 1. The number of nitrogens with zero attached hydrogens (tertiary/aromatic N) is 2. The van der Waals surface area contributed by atoms with Gasteiger partial charge in [-0.15, -0.1) is 11.3 Å². The molecule has 5 rings (SSSR count). The fourth-order valence-corrected chi connectivity index (χ4v) is 7.15. The van der Waals surface area contributed by atoms with Crippen molar-refractivity contribution < 1.29 is 19.8 Å². The number of aliphatic hydroxyl groups excluding tert-OH is 1. The quantitative estimate of drug-likeness (QED) is 0.541. The molecule has 33 heavy (non-hydrogen) atoms. The van der Waals surface area contributed by atoms with Crippen LogP contribution in [0, 0.1) is 11.8 Å². The molecule has 3 N–H and O–H groups in total. The van der Waals surface area contributed by atoms with Gasteiger partial charge in [-0.1, -0.05) is 55.1 Å². The number of carboxylic acids is 1. The maximum absolute atomic E-state index is 12.5. The molecule has 3 aliphatic heterocycles. The van der Waals surface area contributed by atoms with Crippen LogP contribution in [0.5, 0.6) is 0 Å². The summed E-state index contributed by atoms with van der Waals surface area (Å²) in [5.74, 6) is -2.17. The lowest BCUT2D eigenvalue weighted by molar-refractivity contribution is -0.163. The maximum atomic E-state index is 12.5. The second kappa shape index (κ2) is 8.72. The summed E-state index contributed by atoms with van der Waals surface area (Å²) < 4.78 is 0.754. The van der Waals surface area contributed by atoms with E-state index in [1.54, 1.807) is 6.92 Å². The zero-order chi connectivity index (χ0) is 23.3. The molecular weight excluding hydrogens is 458 g/mol. The van der Waals surface area contributed by atoms with Crippen LogP contribution in [0.1, 0.15) is 37.6 Å². The molecule has 1 amide bonds. The molecule has 0 aliphatic carbocycles. The molecule has 0 bridgehead atoms. The lowest BCUT2D eigenvalue weighted by Gasteiger charge is -2.46. The van der Waals surface area contributed by atoms with Crippen LogP contribution in [-0.2, 0) is 9.59 Å². The number of carboxylic acid groups (broad SMARTS) is 1. The van der Waals surface area contributed by atoms with E-state index in [1.807, 2.05) is 30.5 Å². The number of hydrogen-bond donors (Lipinski definition) is 3. The Morgan fingerprint density at radius 3 is 2.79 bits per heavy atom. The standard InChI is InChI=1S/C24H25N3O4S2/c1-12-19-18(13(2)28)22(29)27(19)20(23(30)31)21(12)33-24-26-17(11-32-24)15-8-9-25-16(10-15)14-6-4-3-5-7-14/h3-8,11-13,16,18-19,25,28H,9-10H2,1-2H3,(H,30,31)/t12-,13-,16+,18-,19-/m1/s1. The van der Waals surface area contributed by atoms with Crippen molar-refractivity contribution in [2.24, 2.45) is 11.8 Å². The summed E-state index contributed by atoms with van der Waals surface area (Å²) >= 11 is 2.81. The van der Waals surface area contributed by atoms with Crippen molar-refractivity contribution >= 4 is 40.5 Å². The number of aliphatic carboxylic acids is 1. The van der Waals surface area contributed by atoms with Gasteiger partial charge in [0, 0.05) is 28.8 Å². The first kappa shape index (κ1) is 22.3. The molecule has 0 unspecified atom stereocenters. The van der Waals surface area contributed by atoms with Crippen LogP contribution in [0.15, 0.2) is 56.7 Å². The molecule has 172 valence electrons. The minimum atomic E-state index is -1.12. The largest absolute Gasteiger partial charge is 0.477 e. The van der Waals surface area contributed by atoms with Gasteiger partial charge in [-0.05, 0) is 24.5 Å². The monoisotopic (exact) mass is 483 g/mol. The number of aliphatic hydroxyl groups is 1. The predicted octanol–water partition coefficient (Wildman–Crippen LogP) is 3.51. The molecule has 9 heteroatoms. The Labute approximate surface area is 200 Å². The normalized spacial score (nSPS) is 27.8. The van der Waals surface area contributed by atoms with Gasteiger partial charge >= 0.3 is 5.97 Å². The average molecular weight is 484 g/mol. The van der Waals surface area contributed by atoms with E-state index in [4.69, 9.17) is 4.98 Å². The molecule has 1 aromatic carbocycles. The second-order valence-corrected chi connectivity index (χ2v) is 10.8. The number of thiazole rings is 1. The molecular formula is C24H25N3O4S2. The molecule has 2 aromatic rings. The molecule has 1 aromatic heterocycles. The van der Waals surface area contributed by atoms with Crippen LogP contribution >= 0.6 is 23.1 Å². The van der Waals surface area contributed by atoms with Crippen LogP contribution in [0.3, 0.4) is 0 Å². The highest BCUT2D eigenvalue weighted by Gasteiger charge is 2.60. The summed E-state index contributed by atoms with van der Waals surface area (Å²) in [6, 6.07) is 10.2. The summed E-state index contributed by atoms with van der Waals surface area (Å²) in [6.45, 7) is 4.27. The molecule has 1 saturated heterocycles. The van der Waals surface area contributed by atoms with E-state index in [-0.39, 0.29) is 29.6 Å². The third-order valence-electron chi connectivity index (χ3n) is 6.66. The Hall–Kier alpha value is -2.46. The van der Waals surface area contributed by atoms with Crippen molar-refractivity contribution in [2.75, 3.05) is 6.54 Å². The Morgan fingerprint density at radius 2 is 2.09 bits per heavy atom. The lowest BCUT2D eigenvalue weighted by Crippen LogP contribution is -2.63. The van der Waals surface area contributed by atoms with Gasteiger partial charge in [-0.2, -0.15) is 0 Å². The Bertz CT molecular complexity index is 1160. The van der Waals surface area contributed by atoms with E-state index >= 15 is 0 Å². The summed E-state index contributed by atoms with van der Waals surface area (Å²) in [4.78, 5) is 31.3. The van der Waals surface area contributed by atoms with E-state index < -0.39 is 18.0 Å². The van der Waals surface area contributed by atoms with Crippen LogP contribution in [0.2, 0.25) is 0 Å². The van der Waals surface area contributed by atoms with E-state index in [2.05, 4.69) is 23.5 Å². The van der Waals surface area contributed by atoms with Crippen molar-refractivity contribution in [1.82, 2.24) is 15.2 Å². The van der Waals surface area contributed by atoms with Gasteiger partial charge in [0.2, 0.25) is 5.91 Å². The third-order valence-corrected chi connectivity index (χ3v) is 8.88. The first-order chi connectivity index (χ1) is 15.9. The highest BCUT2D eigenvalue weighted by Crippen LogP contribution is 2.52. The molecule has 7 nitrogen and oxygen atoms in total. The zero-order valence-electron chi connectivity index (χ0n) is 18.3. The molecule has 5 atom stereocenters. The van der Waals surface area contributed by atoms with Crippen LogP contribution in [0.4, 0.5) is 0 Å². The Balaban J connectivity index is 1.36. The van der Waals surface area contributed by atoms with Gasteiger partial charge in [-0.25, -0.2) is 9.78 Å².